The first-order chi connectivity index (χ1) is 8.09. The average molecular weight is 254 g/mol. The van der Waals surface area contributed by atoms with Crippen molar-refractivity contribution in [3.63, 3.8) is 0 Å². The summed E-state index contributed by atoms with van der Waals surface area (Å²) in [5.74, 6) is 2.15. The molecule has 1 N–H and O–H groups in total. The predicted molar refractivity (Wildman–Crippen MR) is 70.7 cm³/mol. The summed E-state index contributed by atoms with van der Waals surface area (Å²) in [6.07, 6.45) is 0. The van der Waals surface area contributed by atoms with Gasteiger partial charge in [-0.25, -0.2) is 0 Å². The number of aryl methyl sites for hydroxylation is 1. The topological polar surface area (TPSA) is 45.5 Å². The van der Waals surface area contributed by atoms with Crippen LogP contribution in [0.15, 0.2) is 10.9 Å². The third-order valence-corrected chi connectivity index (χ3v) is 4.20. The molecule has 2 heterocycles. The fourth-order valence-corrected chi connectivity index (χ4v) is 3.00. The predicted octanol–water partition coefficient (Wildman–Crippen LogP) is 0.948. The molecule has 5 heteroatoms. The minimum atomic E-state index is -0.276. The van der Waals surface area contributed by atoms with Gasteiger partial charge >= 0.3 is 0 Å². The van der Waals surface area contributed by atoms with Crippen LogP contribution in [0.25, 0.3) is 0 Å². The van der Waals surface area contributed by atoms with Gasteiger partial charge in [-0.1, -0.05) is 0 Å². The van der Waals surface area contributed by atoms with Gasteiger partial charge in [0.05, 0.1) is 5.69 Å². The van der Waals surface area contributed by atoms with Gasteiger partial charge < -0.3 is 9.67 Å². The van der Waals surface area contributed by atoms with E-state index in [2.05, 4.69) is 4.90 Å². The second-order valence-corrected chi connectivity index (χ2v) is 5.62. The molecule has 94 valence electrons. The molecule has 1 aromatic heterocycles. The van der Waals surface area contributed by atoms with E-state index in [4.69, 9.17) is 0 Å². The van der Waals surface area contributed by atoms with Gasteiger partial charge in [-0.3, -0.25) is 9.69 Å². The van der Waals surface area contributed by atoms with E-state index in [1.54, 1.807) is 0 Å². The zero-order valence-corrected chi connectivity index (χ0v) is 11.1. The van der Waals surface area contributed by atoms with Crippen molar-refractivity contribution in [3.05, 3.63) is 27.7 Å². The van der Waals surface area contributed by atoms with E-state index in [0.29, 0.717) is 6.54 Å². The lowest BCUT2D eigenvalue weighted by atomic mass is 10.2. The lowest BCUT2D eigenvalue weighted by Gasteiger charge is -2.27. The van der Waals surface area contributed by atoms with E-state index in [-0.39, 0.29) is 11.2 Å². The van der Waals surface area contributed by atoms with Crippen LogP contribution in [-0.2, 0) is 13.6 Å². The number of rotatable bonds is 2. The summed E-state index contributed by atoms with van der Waals surface area (Å²) in [7, 11) is 1.89. The molecule has 0 radical (unpaired) electrons. The van der Waals surface area contributed by atoms with Gasteiger partial charge in [-0.15, -0.1) is 0 Å². The standard InChI is InChI=1S/C12H18N2O2S/c1-9-7-11(15)12(16)10(13(9)2)8-14-3-5-17-6-4-14/h7,16H,3-6,8H2,1-2H3. The molecule has 17 heavy (non-hydrogen) atoms. The van der Waals surface area contributed by atoms with Crippen LogP contribution in [0.1, 0.15) is 11.4 Å². The quantitative estimate of drug-likeness (QED) is 0.853. The highest BCUT2D eigenvalue weighted by Gasteiger charge is 2.16. The Morgan fingerprint density at radius 2 is 2.06 bits per heavy atom. The van der Waals surface area contributed by atoms with E-state index in [1.165, 1.54) is 6.07 Å². The third-order valence-electron chi connectivity index (χ3n) is 3.26. The van der Waals surface area contributed by atoms with Crippen molar-refractivity contribution in [1.29, 1.82) is 0 Å². The van der Waals surface area contributed by atoms with Gasteiger partial charge in [0.2, 0.25) is 5.43 Å². The number of pyridine rings is 1. The summed E-state index contributed by atoms with van der Waals surface area (Å²) in [6.45, 7) is 4.58. The summed E-state index contributed by atoms with van der Waals surface area (Å²) in [5, 5.41) is 9.87. The Morgan fingerprint density at radius 1 is 1.41 bits per heavy atom. The maximum absolute atomic E-state index is 11.6. The SMILES string of the molecule is Cc1cc(=O)c(O)c(CN2CCSCC2)n1C. The molecule has 0 amide bonds. The highest BCUT2D eigenvalue weighted by atomic mass is 32.2. The Balaban J connectivity index is 2.28. The third kappa shape index (κ3) is 2.66. The summed E-state index contributed by atoms with van der Waals surface area (Å²) < 4.78 is 1.90. The molecule has 0 atom stereocenters. The molecule has 1 aromatic rings. The van der Waals surface area contributed by atoms with Gasteiger partial charge in [-0.2, -0.15) is 11.8 Å². The van der Waals surface area contributed by atoms with Crippen molar-refractivity contribution in [2.45, 2.75) is 13.5 Å². The first-order valence-corrected chi connectivity index (χ1v) is 6.93. The number of thioether (sulfide) groups is 1. The van der Waals surface area contributed by atoms with Gasteiger partial charge in [0.1, 0.15) is 0 Å². The molecule has 0 unspecified atom stereocenters. The molecule has 0 spiro atoms. The molecule has 0 bridgehead atoms. The molecule has 4 nitrogen and oxygen atoms in total. The summed E-state index contributed by atoms with van der Waals surface area (Å²) in [4.78, 5) is 13.9. The molecule has 0 aromatic carbocycles. The monoisotopic (exact) mass is 254 g/mol. The van der Waals surface area contributed by atoms with Crippen molar-refractivity contribution < 1.29 is 5.11 Å². The van der Waals surface area contributed by atoms with Crippen LogP contribution >= 0.6 is 11.8 Å². The zero-order chi connectivity index (χ0) is 12.4. The van der Waals surface area contributed by atoms with Crippen LogP contribution < -0.4 is 5.43 Å². The van der Waals surface area contributed by atoms with Crippen LogP contribution in [0.3, 0.4) is 0 Å². The van der Waals surface area contributed by atoms with Gasteiger partial charge in [0, 0.05) is 49.9 Å². The molecule has 1 aliphatic rings. The number of hydrogen-bond donors (Lipinski definition) is 1. The highest BCUT2D eigenvalue weighted by Crippen LogP contribution is 2.18. The van der Waals surface area contributed by atoms with E-state index >= 15 is 0 Å². The van der Waals surface area contributed by atoms with E-state index in [0.717, 1.165) is 36.0 Å². The second-order valence-electron chi connectivity index (χ2n) is 4.39. The molecular formula is C12H18N2O2S. The summed E-state index contributed by atoms with van der Waals surface area (Å²) >= 11 is 1.95. The highest BCUT2D eigenvalue weighted by molar-refractivity contribution is 7.99. The van der Waals surface area contributed by atoms with Crippen LogP contribution in [0.2, 0.25) is 0 Å². The smallest absolute Gasteiger partial charge is 0.223 e. The molecule has 0 aliphatic carbocycles. The molecule has 1 saturated heterocycles. The second kappa shape index (κ2) is 5.14. The number of aromatic hydroxyl groups is 1. The van der Waals surface area contributed by atoms with Crippen molar-refractivity contribution >= 4 is 11.8 Å². The maximum Gasteiger partial charge on any atom is 0.223 e. The van der Waals surface area contributed by atoms with Crippen molar-refractivity contribution in [3.8, 4) is 5.75 Å². The Kier molecular flexibility index (Phi) is 3.79. The van der Waals surface area contributed by atoms with Crippen LogP contribution in [0, 0.1) is 6.92 Å². The first kappa shape index (κ1) is 12.5. The van der Waals surface area contributed by atoms with Gasteiger partial charge in [0.15, 0.2) is 5.75 Å². The Morgan fingerprint density at radius 3 is 2.71 bits per heavy atom. The lowest BCUT2D eigenvalue weighted by molar-refractivity contribution is 0.280. The Bertz CT molecular complexity index is 464. The summed E-state index contributed by atoms with van der Waals surface area (Å²) in [5.41, 5.74) is 1.33. The minimum Gasteiger partial charge on any atom is -0.503 e. The molecule has 2 rings (SSSR count). The minimum absolute atomic E-state index is 0.101. The molecular weight excluding hydrogens is 236 g/mol. The normalized spacial score (nSPS) is 17.3. The van der Waals surface area contributed by atoms with Gasteiger partial charge in [0.25, 0.3) is 0 Å². The van der Waals surface area contributed by atoms with Crippen LogP contribution in [0.5, 0.6) is 5.75 Å². The number of aromatic nitrogens is 1. The lowest BCUT2D eigenvalue weighted by Crippen LogP contribution is -2.33. The number of hydrogen-bond acceptors (Lipinski definition) is 4. The average Bonchev–Trinajstić information content (AvgIpc) is 2.33. The van der Waals surface area contributed by atoms with Crippen molar-refractivity contribution in [2.24, 2.45) is 7.05 Å². The van der Waals surface area contributed by atoms with E-state index in [9.17, 15) is 9.90 Å². The largest absolute Gasteiger partial charge is 0.503 e. The van der Waals surface area contributed by atoms with Crippen LogP contribution in [-0.4, -0.2) is 39.2 Å². The van der Waals surface area contributed by atoms with Crippen LogP contribution in [0.4, 0.5) is 0 Å². The Labute approximate surface area is 105 Å². The van der Waals surface area contributed by atoms with Crippen molar-refractivity contribution in [2.75, 3.05) is 24.6 Å². The van der Waals surface area contributed by atoms with E-state index in [1.807, 2.05) is 30.3 Å². The summed E-state index contributed by atoms with van der Waals surface area (Å²) in [6, 6.07) is 1.48. The van der Waals surface area contributed by atoms with Gasteiger partial charge in [-0.05, 0) is 6.92 Å². The number of nitrogens with zero attached hydrogens (tertiary/aromatic N) is 2. The molecule has 1 fully saturated rings. The molecule has 1 aliphatic heterocycles. The van der Waals surface area contributed by atoms with E-state index < -0.39 is 0 Å². The fraction of sp³-hybridized carbons (Fsp3) is 0.583. The molecule has 0 saturated carbocycles. The Hall–Kier alpha value is -0.940. The maximum atomic E-state index is 11.6. The zero-order valence-electron chi connectivity index (χ0n) is 10.3. The van der Waals surface area contributed by atoms with Crippen molar-refractivity contribution in [1.82, 2.24) is 9.47 Å². The first-order valence-electron chi connectivity index (χ1n) is 5.78. The fourth-order valence-electron chi connectivity index (χ4n) is 2.02.